The van der Waals surface area contributed by atoms with Crippen LogP contribution >= 0.6 is 11.3 Å². The van der Waals surface area contributed by atoms with Crippen LogP contribution in [-0.2, 0) is 4.79 Å². The van der Waals surface area contributed by atoms with Crippen molar-refractivity contribution < 1.29 is 4.79 Å². The molecule has 4 nitrogen and oxygen atoms in total. The summed E-state index contributed by atoms with van der Waals surface area (Å²) in [5, 5.41) is 2.83. The predicted molar refractivity (Wildman–Crippen MR) is 56.9 cm³/mol. The topological polar surface area (TPSA) is 59.2 Å². The zero-order valence-electron chi connectivity index (χ0n) is 8.60. The summed E-state index contributed by atoms with van der Waals surface area (Å²) in [7, 11) is 1.75. The zero-order valence-corrected chi connectivity index (χ0v) is 9.41. The molecule has 0 aliphatic rings. The Hall–Kier alpha value is -0.940. The minimum absolute atomic E-state index is 0.00602. The second-order valence-corrected chi connectivity index (χ2v) is 4.21. The molecule has 78 valence electrons. The van der Waals surface area contributed by atoms with Gasteiger partial charge in [-0.2, -0.15) is 0 Å². The molecule has 0 aromatic carbocycles. The van der Waals surface area contributed by atoms with Crippen molar-refractivity contribution in [2.75, 3.05) is 7.05 Å². The van der Waals surface area contributed by atoms with Gasteiger partial charge in [0.25, 0.3) is 0 Å². The number of likely N-dealkylation sites (N-methyl/N-ethyl adjacent to an activating group) is 1. The predicted octanol–water partition coefficient (Wildman–Crippen LogP) is 1.01. The Kier molecular flexibility index (Phi) is 3.60. The number of aromatic nitrogens is 1. The molecule has 0 spiro atoms. The molecule has 0 bridgehead atoms. The maximum absolute atomic E-state index is 11.6. The maximum Gasteiger partial charge on any atom is 0.239 e. The second-order valence-electron chi connectivity index (χ2n) is 3.28. The first kappa shape index (κ1) is 11.1. The van der Waals surface area contributed by atoms with Crippen LogP contribution in [0.5, 0.6) is 0 Å². The summed E-state index contributed by atoms with van der Waals surface area (Å²) < 4.78 is 0. The van der Waals surface area contributed by atoms with Crippen molar-refractivity contribution in [2.24, 2.45) is 5.73 Å². The van der Waals surface area contributed by atoms with Gasteiger partial charge in [0, 0.05) is 18.6 Å². The van der Waals surface area contributed by atoms with Crippen molar-refractivity contribution in [1.29, 1.82) is 0 Å². The van der Waals surface area contributed by atoms with E-state index in [4.69, 9.17) is 5.73 Å². The normalized spacial score (nSPS) is 14.9. The quantitative estimate of drug-likeness (QED) is 0.815. The Labute approximate surface area is 87.7 Å². The van der Waals surface area contributed by atoms with Gasteiger partial charge in [0.15, 0.2) is 0 Å². The number of nitrogens with two attached hydrogens (primary N) is 1. The Bertz CT molecular complexity index is 297. The van der Waals surface area contributed by atoms with Crippen molar-refractivity contribution in [3.8, 4) is 0 Å². The van der Waals surface area contributed by atoms with Crippen LogP contribution < -0.4 is 5.73 Å². The van der Waals surface area contributed by atoms with Gasteiger partial charge in [-0.05, 0) is 13.8 Å². The molecule has 1 heterocycles. The molecular weight excluding hydrogens is 198 g/mol. The minimum Gasteiger partial charge on any atom is -0.335 e. The van der Waals surface area contributed by atoms with E-state index in [-0.39, 0.29) is 11.9 Å². The number of amides is 1. The van der Waals surface area contributed by atoms with E-state index in [2.05, 4.69) is 4.98 Å². The second kappa shape index (κ2) is 4.52. The Morgan fingerprint density at radius 2 is 2.29 bits per heavy atom. The fourth-order valence-electron chi connectivity index (χ4n) is 1.12. The summed E-state index contributed by atoms with van der Waals surface area (Å²) in [6, 6.07) is -0.462. The van der Waals surface area contributed by atoms with Gasteiger partial charge < -0.3 is 10.6 Å². The van der Waals surface area contributed by atoms with Crippen LogP contribution in [0.15, 0.2) is 11.6 Å². The van der Waals surface area contributed by atoms with Gasteiger partial charge in [-0.3, -0.25) is 4.79 Å². The lowest BCUT2D eigenvalue weighted by molar-refractivity contribution is -0.132. The summed E-state index contributed by atoms with van der Waals surface area (Å²) in [5.74, 6) is -0.0623. The van der Waals surface area contributed by atoms with Gasteiger partial charge in [0.05, 0.1) is 12.1 Å². The first-order valence-corrected chi connectivity index (χ1v) is 5.33. The molecule has 1 aromatic rings. The van der Waals surface area contributed by atoms with Crippen molar-refractivity contribution >= 4 is 17.2 Å². The highest BCUT2D eigenvalue weighted by Crippen LogP contribution is 2.20. The first-order chi connectivity index (χ1) is 6.54. The van der Waals surface area contributed by atoms with E-state index < -0.39 is 6.04 Å². The van der Waals surface area contributed by atoms with Gasteiger partial charge in [-0.1, -0.05) is 0 Å². The van der Waals surface area contributed by atoms with Crippen molar-refractivity contribution in [3.05, 3.63) is 16.6 Å². The molecule has 1 amide bonds. The van der Waals surface area contributed by atoms with Crippen LogP contribution in [-0.4, -0.2) is 28.9 Å². The molecule has 14 heavy (non-hydrogen) atoms. The average molecular weight is 213 g/mol. The Morgan fingerprint density at radius 1 is 1.64 bits per heavy atom. The van der Waals surface area contributed by atoms with E-state index in [1.807, 2.05) is 12.3 Å². The van der Waals surface area contributed by atoms with Gasteiger partial charge in [0.2, 0.25) is 5.91 Å². The van der Waals surface area contributed by atoms with Gasteiger partial charge in [-0.25, -0.2) is 4.98 Å². The van der Waals surface area contributed by atoms with Crippen LogP contribution in [0.2, 0.25) is 0 Å². The smallest absolute Gasteiger partial charge is 0.239 e. The summed E-state index contributed by atoms with van der Waals surface area (Å²) >= 11 is 1.54. The summed E-state index contributed by atoms with van der Waals surface area (Å²) in [5.41, 5.74) is 5.52. The molecule has 0 saturated carbocycles. The van der Waals surface area contributed by atoms with Gasteiger partial charge >= 0.3 is 0 Å². The van der Waals surface area contributed by atoms with Crippen LogP contribution in [0.4, 0.5) is 0 Å². The standard InChI is InChI=1S/C9H15N3OS/c1-6(10)9(13)12(3)7(2)8-11-4-5-14-8/h4-7H,10H2,1-3H3/t6?,7-/m0/s1. The number of hydrogen-bond donors (Lipinski definition) is 1. The van der Waals surface area contributed by atoms with Crippen LogP contribution in [0.3, 0.4) is 0 Å². The van der Waals surface area contributed by atoms with E-state index in [1.165, 1.54) is 0 Å². The lowest BCUT2D eigenvalue weighted by Gasteiger charge is -2.24. The molecule has 1 aromatic heterocycles. The molecule has 0 fully saturated rings. The van der Waals surface area contributed by atoms with E-state index >= 15 is 0 Å². The fourth-order valence-corrected chi connectivity index (χ4v) is 1.86. The SMILES string of the molecule is CC(N)C(=O)N(C)[C@@H](C)c1nccs1. The Morgan fingerprint density at radius 3 is 2.71 bits per heavy atom. The van der Waals surface area contributed by atoms with E-state index in [0.717, 1.165) is 5.01 Å². The van der Waals surface area contributed by atoms with Crippen LogP contribution in [0.25, 0.3) is 0 Å². The minimum atomic E-state index is -0.456. The van der Waals surface area contributed by atoms with E-state index in [9.17, 15) is 4.79 Å². The van der Waals surface area contributed by atoms with Crippen molar-refractivity contribution in [1.82, 2.24) is 9.88 Å². The number of nitrogens with zero attached hydrogens (tertiary/aromatic N) is 2. The van der Waals surface area contributed by atoms with Crippen LogP contribution in [0, 0.1) is 0 Å². The molecule has 0 aliphatic carbocycles. The highest BCUT2D eigenvalue weighted by atomic mass is 32.1. The summed E-state index contributed by atoms with van der Waals surface area (Å²) in [4.78, 5) is 17.3. The summed E-state index contributed by atoms with van der Waals surface area (Å²) in [6.45, 7) is 3.63. The average Bonchev–Trinajstić information content (AvgIpc) is 2.67. The maximum atomic E-state index is 11.6. The largest absolute Gasteiger partial charge is 0.335 e. The highest BCUT2D eigenvalue weighted by Gasteiger charge is 2.21. The van der Waals surface area contributed by atoms with Crippen LogP contribution in [0.1, 0.15) is 24.9 Å². The number of thiazole rings is 1. The number of carbonyl (C=O) groups is 1. The third-order valence-electron chi connectivity index (χ3n) is 2.13. The molecule has 2 atom stereocenters. The van der Waals surface area contributed by atoms with E-state index in [0.29, 0.717) is 0 Å². The van der Waals surface area contributed by atoms with Gasteiger partial charge in [0.1, 0.15) is 5.01 Å². The lowest BCUT2D eigenvalue weighted by atomic mass is 10.2. The number of carbonyl (C=O) groups excluding carboxylic acids is 1. The highest BCUT2D eigenvalue weighted by molar-refractivity contribution is 7.09. The van der Waals surface area contributed by atoms with E-state index in [1.54, 1.807) is 36.4 Å². The molecule has 0 radical (unpaired) electrons. The fraction of sp³-hybridized carbons (Fsp3) is 0.556. The third-order valence-corrected chi connectivity index (χ3v) is 3.07. The van der Waals surface area contributed by atoms with Crippen molar-refractivity contribution in [2.45, 2.75) is 25.9 Å². The number of hydrogen-bond acceptors (Lipinski definition) is 4. The van der Waals surface area contributed by atoms with Crippen molar-refractivity contribution in [3.63, 3.8) is 0 Å². The zero-order chi connectivity index (χ0) is 10.7. The molecule has 5 heteroatoms. The molecule has 1 unspecified atom stereocenters. The molecule has 0 aliphatic heterocycles. The molecule has 2 N–H and O–H groups in total. The number of rotatable bonds is 3. The Balaban J connectivity index is 2.70. The molecule has 1 rings (SSSR count). The lowest BCUT2D eigenvalue weighted by Crippen LogP contribution is -2.40. The monoisotopic (exact) mass is 213 g/mol. The first-order valence-electron chi connectivity index (χ1n) is 4.45. The molecule has 0 saturated heterocycles. The summed E-state index contributed by atoms with van der Waals surface area (Å²) in [6.07, 6.45) is 1.74. The third kappa shape index (κ3) is 2.30. The molecular formula is C9H15N3OS. The van der Waals surface area contributed by atoms with Gasteiger partial charge in [-0.15, -0.1) is 11.3 Å².